The molecule has 3 N–H and O–H groups in total. The third-order valence-corrected chi connectivity index (χ3v) is 3.92. The van der Waals surface area contributed by atoms with E-state index in [4.69, 9.17) is 0 Å². The maximum Gasteiger partial charge on any atom is 0.417 e. The van der Waals surface area contributed by atoms with Gasteiger partial charge in [-0.3, -0.25) is 4.79 Å². The van der Waals surface area contributed by atoms with Crippen LogP contribution in [0.2, 0.25) is 0 Å². The summed E-state index contributed by atoms with van der Waals surface area (Å²) < 4.78 is 38.4. The van der Waals surface area contributed by atoms with Gasteiger partial charge in [-0.15, -0.1) is 0 Å². The van der Waals surface area contributed by atoms with Gasteiger partial charge < -0.3 is 16.0 Å². The summed E-state index contributed by atoms with van der Waals surface area (Å²) in [5, 5.41) is 7.45. The van der Waals surface area contributed by atoms with E-state index >= 15 is 0 Å². The van der Waals surface area contributed by atoms with E-state index in [0.717, 1.165) is 6.07 Å². The van der Waals surface area contributed by atoms with Crippen LogP contribution in [-0.4, -0.2) is 18.5 Å². The van der Waals surface area contributed by atoms with Crippen LogP contribution < -0.4 is 16.0 Å². The molecule has 0 aromatic heterocycles. The Morgan fingerprint density at radius 2 is 1.65 bits per heavy atom. The van der Waals surface area contributed by atoms with Gasteiger partial charge >= 0.3 is 12.2 Å². The summed E-state index contributed by atoms with van der Waals surface area (Å²) >= 11 is 2.83. The van der Waals surface area contributed by atoms with E-state index < -0.39 is 23.7 Å². The summed E-state index contributed by atoms with van der Waals surface area (Å²) in [6, 6.07) is 11.7. The Kier molecular flexibility index (Phi) is 6.62. The molecule has 0 aliphatic carbocycles. The predicted molar refractivity (Wildman–Crippen MR) is 95.9 cm³/mol. The van der Waals surface area contributed by atoms with Gasteiger partial charge in [-0.25, -0.2) is 4.79 Å². The Morgan fingerprint density at radius 3 is 2.31 bits per heavy atom. The fraction of sp³-hybridized carbons (Fsp3) is 0.176. The number of carbonyl (C=O) groups excluding carboxylic acids is 2. The van der Waals surface area contributed by atoms with Gasteiger partial charge in [0.2, 0.25) is 5.91 Å². The van der Waals surface area contributed by atoms with Gasteiger partial charge in [0.05, 0.1) is 5.56 Å². The average molecular weight is 430 g/mol. The quantitative estimate of drug-likeness (QED) is 0.648. The summed E-state index contributed by atoms with van der Waals surface area (Å²) in [6.45, 7) is 0.0349. The molecule has 0 radical (unpaired) electrons. The van der Waals surface area contributed by atoms with Crippen molar-refractivity contribution >= 4 is 39.2 Å². The molecule has 2 aromatic carbocycles. The monoisotopic (exact) mass is 429 g/mol. The topological polar surface area (TPSA) is 70.2 Å². The number of alkyl halides is 3. The lowest BCUT2D eigenvalue weighted by Gasteiger charge is -2.12. The highest BCUT2D eigenvalue weighted by Crippen LogP contribution is 2.36. The van der Waals surface area contributed by atoms with Gasteiger partial charge in [-0.1, -0.05) is 34.1 Å². The van der Waals surface area contributed by atoms with Crippen LogP contribution >= 0.6 is 15.9 Å². The van der Waals surface area contributed by atoms with Crippen molar-refractivity contribution in [1.82, 2.24) is 5.32 Å². The normalized spacial score (nSPS) is 10.9. The SMILES string of the molecule is O=C(CCNC(=O)Nc1ccccc1)Nc1ccc(Br)c(C(F)(F)F)c1. The molecule has 0 saturated carbocycles. The first kappa shape index (κ1) is 19.8. The fourth-order valence-corrected chi connectivity index (χ4v) is 2.50. The minimum Gasteiger partial charge on any atom is -0.337 e. The molecule has 26 heavy (non-hydrogen) atoms. The van der Waals surface area contributed by atoms with E-state index in [2.05, 4.69) is 31.9 Å². The third kappa shape index (κ3) is 6.07. The zero-order valence-electron chi connectivity index (χ0n) is 13.4. The van der Waals surface area contributed by atoms with Crippen molar-refractivity contribution in [3.05, 3.63) is 58.6 Å². The van der Waals surface area contributed by atoms with Crippen molar-refractivity contribution in [3.63, 3.8) is 0 Å². The van der Waals surface area contributed by atoms with Crippen molar-refractivity contribution in [2.75, 3.05) is 17.2 Å². The smallest absolute Gasteiger partial charge is 0.337 e. The summed E-state index contributed by atoms with van der Waals surface area (Å²) in [6.07, 6.45) is -4.61. The van der Waals surface area contributed by atoms with E-state index in [1.54, 1.807) is 30.3 Å². The number of para-hydroxylation sites is 1. The lowest BCUT2D eigenvalue weighted by atomic mass is 10.2. The highest BCUT2D eigenvalue weighted by Gasteiger charge is 2.33. The van der Waals surface area contributed by atoms with Gasteiger partial charge in [-0.2, -0.15) is 13.2 Å². The molecule has 5 nitrogen and oxygen atoms in total. The molecule has 0 aliphatic rings. The Labute approximate surface area is 156 Å². The molecule has 0 heterocycles. The third-order valence-electron chi connectivity index (χ3n) is 3.22. The molecule has 138 valence electrons. The van der Waals surface area contributed by atoms with Gasteiger partial charge in [0.1, 0.15) is 0 Å². The largest absolute Gasteiger partial charge is 0.417 e. The van der Waals surface area contributed by atoms with Gasteiger partial charge in [-0.05, 0) is 30.3 Å². The fourth-order valence-electron chi connectivity index (χ4n) is 2.03. The minimum atomic E-state index is -4.53. The zero-order valence-corrected chi connectivity index (χ0v) is 14.9. The molecular formula is C17H15BrF3N3O2. The Hall–Kier alpha value is -2.55. The number of benzene rings is 2. The van der Waals surface area contributed by atoms with Gasteiger partial charge in [0, 0.05) is 28.8 Å². The molecule has 0 bridgehead atoms. The van der Waals surface area contributed by atoms with Crippen molar-refractivity contribution in [2.24, 2.45) is 0 Å². The summed E-state index contributed by atoms with van der Waals surface area (Å²) in [5.41, 5.74) is -0.251. The maximum atomic E-state index is 12.8. The zero-order chi connectivity index (χ0) is 19.2. The van der Waals surface area contributed by atoms with Crippen LogP contribution in [0.25, 0.3) is 0 Å². The highest BCUT2D eigenvalue weighted by molar-refractivity contribution is 9.10. The van der Waals surface area contributed by atoms with Crippen LogP contribution in [0.5, 0.6) is 0 Å². The van der Waals surface area contributed by atoms with Crippen molar-refractivity contribution < 1.29 is 22.8 Å². The van der Waals surface area contributed by atoms with Crippen LogP contribution in [-0.2, 0) is 11.0 Å². The molecule has 0 saturated heterocycles. The first-order valence-electron chi connectivity index (χ1n) is 7.52. The van der Waals surface area contributed by atoms with Crippen LogP contribution in [0.15, 0.2) is 53.0 Å². The van der Waals surface area contributed by atoms with Crippen molar-refractivity contribution in [1.29, 1.82) is 0 Å². The molecule has 9 heteroatoms. The number of amides is 3. The van der Waals surface area contributed by atoms with E-state index in [0.29, 0.717) is 5.69 Å². The standard InChI is InChI=1S/C17H15BrF3N3O2/c18-14-7-6-12(10-13(14)17(19,20)21)23-15(25)8-9-22-16(26)24-11-4-2-1-3-5-11/h1-7,10H,8-9H2,(H,23,25)(H2,22,24,26). The first-order valence-corrected chi connectivity index (χ1v) is 8.31. The molecule has 0 aliphatic heterocycles. The summed E-state index contributed by atoms with van der Waals surface area (Å²) in [4.78, 5) is 23.5. The molecule has 0 unspecified atom stereocenters. The minimum absolute atomic E-state index is 0.0271. The van der Waals surface area contributed by atoms with Gasteiger partial charge in [0.15, 0.2) is 0 Å². The van der Waals surface area contributed by atoms with Crippen LogP contribution in [0, 0.1) is 0 Å². The number of anilines is 2. The Bertz CT molecular complexity index is 783. The first-order chi connectivity index (χ1) is 12.3. The second-order valence-corrected chi connectivity index (χ2v) is 6.09. The lowest BCUT2D eigenvalue weighted by Crippen LogP contribution is -2.31. The van der Waals surface area contributed by atoms with Crippen molar-refractivity contribution in [3.8, 4) is 0 Å². The highest BCUT2D eigenvalue weighted by atomic mass is 79.9. The number of rotatable bonds is 5. The Balaban J connectivity index is 1.81. The lowest BCUT2D eigenvalue weighted by molar-refractivity contribution is -0.138. The molecule has 0 spiro atoms. The number of urea groups is 1. The number of halogens is 4. The molecule has 0 fully saturated rings. The van der Waals surface area contributed by atoms with Crippen molar-refractivity contribution in [2.45, 2.75) is 12.6 Å². The number of hydrogen-bond acceptors (Lipinski definition) is 2. The molecule has 2 aromatic rings. The number of nitrogens with one attached hydrogen (secondary N) is 3. The summed E-state index contributed by atoms with van der Waals surface area (Å²) in [7, 11) is 0. The van der Waals surface area contributed by atoms with E-state index in [9.17, 15) is 22.8 Å². The maximum absolute atomic E-state index is 12.8. The molecule has 2 rings (SSSR count). The molecule has 0 atom stereocenters. The van der Waals surface area contributed by atoms with E-state index in [1.807, 2.05) is 0 Å². The second-order valence-electron chi connectivity index (χ2n) is 5.24. The van der Waals surface area contributed by atoms with Crippen LogP contribution in [0.4, 0.5) is 29.3 Å². The van der Waals surface area contributed by atoms with E-state index in [-0.39, 0.29) is 23.1 Å². The second kappa shape index (κ2) is 8.70. The predicted octanol–water partition coefficient (Wildman–Crippen LogP) is 4.62. The van der Waals surface area contributed by atoms with Crippen LogP contribution in [0.3, 0.4) is 0 Å². The average Bonchev–Trinajstić information content (AvgIpc) is 2.56. The van der Waals surface area contributed by atoms with Crippen LogP contribution in [0.1, 0.15) is 12.0 Å². The number of carbonyl (C=O) groups is 2. The molecule has 3 amide bonds. The Morgan fingerprint density at radius 1 is 0.962 bits per heavy atom. The summed E-state index contributed by atoms with van der Waals surface area (Å²) in [5.74, 6) is -0.513. The van der Waals surface area contributed by atoms with E-state index in [1.165, 1.54) is 12.1 Å². The van der Waals surface area contributed by atoms with Gasteiger partial charge in [0.25, 0.3) is 0 Å². The number of hydrogen-bond donors (Lipinski definition) is 3. The molecular weight excluding hydrogens is 415 g/mol.